The van der Waals surface area contributed by atoms with Gasteiger partial charge < -0.3 is 20.1 Å². The van der Waals surface area contributed by atoms with Crippen molar-refractivity contribution >= 4 is 29.0 Å². The van der Waals surface area contributed by atoms with Gasteiger partial charge in [0.2, 0.25) is 5.95 Å². The highest BCUT2D eigenvalue weighted by molar-refractivity contribution is 6.03. The molecule has 3 heterocycles. The summed E-state index contributed by atoms with van der Waals surface area (Å²) in [6.45, 7) is 3.99. The van der Waals surface area contributed by atoms with E-state index in [1.165, 1.54) is 37.3 Å². The molecule has 8 nitrogen and oxygen atoms in total. The van der Waals surface area contributed by atoms with Crippen LogP contribution >= 0.6 is 0 Å². The molecule has 0 radical (unpaired) electrons. The van der Waals surface area contributed by atoms with Crippen LogP contribution in [0.3, 0.4) is 0 Å². The van der Waals surface area contributed by atoms with Crippen molar-refractivity contribution in [2.75, 3.05) is 28.6 Å². The maximum absolute atomic E-state index is 12.2. The number of piperidine rings is 1. The van der Waals surface area contributed by atoms with E-state index in [2.05, 4.69) is 42.8 Å². The van der Waals surface area contributed by atoms with Crippen molar-refractivity contribution in [3.8, 4) is 0 Å². The molecular weight excluding hydrogens is 356 g/mol. The van der Waals surface area contributed by atoms with Crippen LogP contribution in [0.5, 0.6) is 0 Å². The van der Waals surface area contributed by atoms with Crippen LogP contribution in [-0.4, -0.2) is 34.1 Å². The molecule has 1 amide bonds. The van der Waals surface area contributed by atoms with E-state index in [4.69, 9.17) is 4.52 Å². The Morgan fingerprint density at radius 3 is 2.43 bits per heavy atom. The summed E-state index contributed by atoms with van der Waals surface area (Å²) < 4.78 is 4.92. The van der Waals surface area contributed by atoms with Gasteiger partial charge in [0.05, 0.1) is 5.56 Å². The van der Waals surface area contributed by atoms with Crippen LogP contribution in [0.2, 0.25) is 0 Å². The lowest BCUT2D eigenvalue weighted by Gasteiger charge is -2.28. The predicted octanol–water partition coefficient (Wildman–Crippen LogP) is 3.76. The Labute approximate surface area is 163 Å². The normalized spacial score (nSPS) is 14.0. The number of benzene rings is 1. The molecule has 28 heavy (non-hydrogen) atoms. The fraction of sp³-hybridized carbons (Fsp3) is 0.300. The fourth-order valence-corrected chi connectivity index (χ4v) is 3.16. The third kappa shape index (κ3) is 4.28. The van der Waals surface area contributed by atoms with Crippen LogP contribution in [0, 0.1) is 6.92 Å². The third-order valence-corrected chi connectivity index (χ3v) is 4.63. The summed E-state index contributed by atoms with van der Waals surface area (Å²) in [5.74, 6) is 1.07. The highest BCUT2D eigenvalue weighted by atomic mass is 16.5. The second-order valence-corrected chi connectivity index (χ2v) is 6.79. The molecule has 4 rings (SSSR count). The Morgan fingerprint density at radius 1 is 1.07 bits per heavy atom. The van der Waals surface area contributed by atoms with Gasteiger partial charge in [-0.05, 0) is 50.5 Å². The summed E-state index contributed by atoms with van der Waals surface area (Å²) >= 11 is 0. The summed E-state index contributed by atoms with van der Waals surface area (Å²) in [4.78, 5) is 23.0. The van der Waals surface area contributed by atoms with E-state index >= 15 is 0 Å². The van der Waals surface area contributed by atoms with Gasteiger partial charge in [-0.3, -0.25) is 4.79 Å². The lowest BCUT2D eigenvalue weighted by atomic mass is 10.1. The molecule has 144 valence electrons. The molecule has 0 saturated carbocycles. The van der Waals surface area contributed by atoms with Gasteiger partial charge in [-0.1, -0.05) is 5.16 Å². The highest BCUT2D eigenvalue weighted by Gasteiger charge is 2.12. The summed E-state index contributed by atoms with van der Waals surface area (Å²) in [6.07, 6.45) is 6.77. The van der Waals surface area contributed by atoms with Crippen LogP contribution in [0.1, 0.15) is 35.4 Å². The fourth-order valence-electron chi connectivity index (χ4n) is 3.16. The summed E-state index contributed by atoms with van der Waals surface area (Å²) in [5, 5.41) is 9.52. The van der Waals surface area contributed by atoms with Gasteiger partial charge in [0.1, 0.15) is 5.76 Å². The van der Waals surface area contributed by atoms with E-state index in [1.807, 2.05) is 12.1 Å². The summed E-state index contributed by atoms with van der Waals surface area (Å²) in [7, 11) is 0. The number of aromatic nitrogens is 3. The number of amides is 1. The van der Waals surface area contributed by atoms with Crippen molar-refractivity contribution in [1.82, 2.24) is 15.1 Å². The first kappa shape index (κ1) is 18.0. The number of carbonyl (C=O) groups is 1. The quantitative estimate of drug-likeness (QED) is 0.698. The predicted molar refractivity (Wildman–Crippen MR) is 107 cm³/mol. The van der Waals surface area contributed by atoms with E-state index in [0.717, 1.165) is 18.8 Å². The monoisotopic (exact) mass is 378 g/mol. The zero-order valence-corrected chi connectivity index (χ0v) is 15.7. The summed E-state index contributed by atoms with van der Waals surface area (Å²) in [5.41, 5.74) is 2.48. The molecule has 1 saturated heterocycles. The molecule has 2 aromatic heterocycles. The average Bonchev–Trinajstić information content (AvgIpc) is 3.14. The molecule has 1 aromatic carbocycles. The van der Waals surface area contributed by atoms with Crippen LogP contribution in [-0.2, 0) is 0 Å². The minimum atomic E-state index is -0.342. The first-order chi connectivity index (χ1) is 13.7. The lowest BCUT2D eigenvalue weighted by Crippen LogP contribution is -2.29. The largest absolute Gasteiger partial charge is 0.372 e. The van der Waals surface area contributed by atoms with Gasteiger partial charge in [-0.2, -0.15) is 0 Å². The standard InChI is InChI=1S/C20H22N6O2/c1-14-11-18(25-28-14)24-19(27)15-12-21-20(22-13-15)23-16-5-7-17(8-6-16)26-9-3-2-4-10-26/h5-8,11-13H,2-4,9-10H2,1H3,(H,21,22,23)(H,24,25,27). The number of nitrogens with one attached hydrogen (secondary N) is 2. The van der Waals surface area contributed by atoms with Gasteiger partial charge in [-0.25, -0.2) is 9.97 Å². The molecule has 0 atom stereocenters. The van der Waals surface area contributed by atoms with Crippen molar-refractivity contribution < 1.29 is 9.32 Å². The number of nitrogens with zero attached hydrogens (tertiary/aromatic N) is 4. The second-order valence-electron chi connectivity index (χ2n) is 6.79. The van der Waals surface area contributed by atoms with E-state index in [0.29, 0.717) is 23.1 Å². The van der Waals surface area contributed by atoms with Crippen LogP contribution in [0.4, 0.5) is 23.1 Å². The summed E-state index contributed by atoms with van der Waals surface area (Å²) in [6, 6.07) is 9.88. The van der Waals surface area contributed by atoms with E-state index in [9.17, 15) is 4.79 Å². The number of anilines is 4. The Hall–Kier alpha value is -3.42. The molecule has 2 N–H and O–H groups in total. The zero-order valence-electron chi connectivity index (χ0n) is 15.7. The minimum Gasteiger partial charge on any atom is -0.372 e. The average molecular weight is 378 g/mol. The van der Waals surface area contributed by atoms with Gasteiger partial charge in [0.15, 0.2) is 5.82 Å². The lowest BCUT2D eigenvalue weighted by molar-refractivity contribution is 0.102. The molecule has 0 aliphatic carbocycles. The molecule has 1 fully saturated rings. The van der Waals surface area contributed by atoms with Gasteiger partial charge >= 0.3 is 0 Å². The topological polar surface area (TPSA) is 96.2 Å². The second kappa shape index (κ2) is 8.08. The van der Waals surface area contributed by atoms with Crippen molar-refractivity contribution in [1.29, 1.82) is 0 Å². The number of hydrogen-bond donors (Lipinski definition) is 2. The number of aryl methyl sites for hydroxylation is 1. The van der Waals surface area contributed by atoms with Crippen LogP contribution < -0.4 is 15.5 Å². The molecule has 8 heteroatoms. The van der Waals surface area contributed by atoms with Crippen LogP contribution in [0.15, 0.2) is 47.2 Å². The van der Waals surface area contributed by atoms with Gasteiger partial charge in [0, 0.05) is 42.9 Å². The Kier molecular flexibility index (Phi) is 5.18. The van der Waals surface area contributed by atoms with E-state index < -0.39 is 0 Å². The Bertz CT molecular complexity index is 930. The van der Waals surface area contributed by atoms with Crippen molar-refractivity contribution in [3.63, 3.8) is 0 Å². The van der Waals surface area contributed by atoms with Crippen molar-refractivity contribution in [3.05, 3.63) is 54.0 Å². The van der Waals surface area contributed by atoms with Gasteiger partial charge in [-0.15, -0.1) is 0 Å². The zero-order chi connectivity index (χ0) is 19.3. The number of carbonyl (C=O) groups excluding carboxylic acids is 1. The molecular formula is C20H22N6O2. The SMILES string of the molecule is Cc1cc(NC(=O)c2cnc(Nc3ccc(N4CCCCC4)cc3)nc2)no1. The highest BCUT2D eigenvalue weighted by Crippen LogP contribution is 2.22. The molecule has 0 unspecified atom stereocenters. The number of rotatable bonds is 5. The molecule has 1 aliphatic rings. The van der Waals surface area contributed by atoms with E-state index in [-0.39, 0.29) is 5.91 Å². The first-order valence-electron chi connectivity index (χ1n) is 9.36. The Morgan fingerprint density at radius 2 is 1.79 bits per heavy atom. The maximum atomic E-state index is 12.2. The molecule has 3 aromatic rings. The first-order valence-corrected chi connectivity index (χ1v) is 9.36. The molecule has 0 bridgehead atoms. The van der Waals surface area contributed by atoms with Crippen molar-refractivity contribution in [2.45, 2.75) is 26.2 Å². The minimum absolute atomic E-state index is 0.339. The van der Waals surface area contributed by atoms with Crippen LogP contribution in [0.25, 0.3) is 0 Å². The number of hydrogen-bond acceptors (Lipinski definition) is 7. The third-order valence-electron chi connectivity index (χ3n) is 4.63. The Balaban J connectivity index is 1.36. The van der Waals surface area contributed by atoms with Gasteiger partial charge in [0.25, 0.3) is 5.91 Å². The maximum Gasteiger partial charge on any atom is 0.260 e. The van der Waals surface area contributed by atoms with E-state index in [1.54, 1.807) is 13.0 Å². The molecule has 0 spiro atoms. The van der Waals surface area contributed by atoms with Crippen molar-refractivity contribution in [2.24, 2.45) is 0 Å². The molecule has 1 aliphatic heterocycles. The smallest absolute Gasteiger partial charge is 0.260 e.